The van der Waals surface area contributed by atoms with E-state index < -0.39 is 17.4 Å². The van der Waals surface area contributed by atoms with Gasteiger partial charge in [-0.2, -0.15) is 28.8 Å². The van der Waals surface area contributed by atoms with E-state index in [1.807, 2.05) is 6.07 Å². The second-order valence-corrected chi connectivity index (χ2v) is 5.80. The second-order valence-electron chi connectivity index (χ2n) is 5.80. The Morgan fingerprint density at radius 1 is 1.14 bits per heavy atom. The summed E-state index contributed by atoms with van der Waals surface area (Å²) in [6.45, 7) is 0. The molecule has 2 aromatic heterocycles. The third kappa shape index (κ3) is 2.97. The number of alkyl halides is 3. The van der Waals surface area contributed by atoms with E-state index in [1.165, 1.54) is 19.2 Å². The number of H-pyrrole nitrogens is 1. The van der Waals surface area contributed by atoms with Crippen LogP contribution in [0.2, 0.25) is 0 Å². The largest absolute Gasteiger partial charge is 0.435 e. The number of aromatic amines is 1. The quantitative estimate of drug-likeness (QED) is 0.703. The Labute approximate surface area is 156 Å². The molecule has 140 valence electrons. The van der Waals surface area contributed by atoms with Gasteiger partial charge >= 0.3 is 6.18 Å². The highest BCUT2D eigenvalue weighted by molar-refractivity contribution is 5.89. The first kappa shape index (κ1) is 18.7. The van der Waals surface area contributed by atoms with E-state index in [0.717, 1.165) is 10.7 Å². The highest BCUT2D eigenvalue weighted by atomic mass is 19.4. The van der Waals surface area contributed by atoms with Crippen molar-refractivity contribution in [1.82, 2.24) is 14.8 Å². The lowest BCUT2D eigenvalue weighted by molar-refractivity contribution is -0.141. The highest BCUT2D eigenvalue weighted by Gasteiger charge is 2.35. The van der Waals surface area contributed by atoms with Crippen molar-refractivity contribution in [2.24, 2.45) is 7.05 Å². The molecule has 0 amide bonds. The first-order valence-corrected chi connectivity index (χ1v) is 7.76. The summed E-state index contributed by atoms with van der Waals surface area (Å²) < 4.78 is 40.2. The summed E-state index contributed by atoms with van der Waals surface area (Å²) in [4.78, 5) is 14.4. The van der Waals surface area contributed by atoms with Gasteiger partial charge in [-0.25, -0.2) is 0 Å². The van der Waals surface area contributed by atoms with Crippen LogP contribution in [0.5, 0.6) is 0 Å². The molecule has 0 spiro atoms. The number of nitrogens with one attached hydrogen (secondary N) is 1. The first-order chi connectivity index (χ1) is 13.2. The van der Waals surface area contributed by atoms with Crippen LogP contribution >= 0.6 is 0 Å². The molecule has 0 radical (unpaired) electrons. The van der Waals surface area contributed by atoms with Crippen molar-refractivity contribution in [3.05, 3.63) is 57.5 Å². The molecule has 1 aromatic carbocycles. The molecule has 3 aromatic rings. The Morgan fingerprint density at radius 3 is 2.29 bits per heavy atom. The van der Waals surface area contributed by atoms with Gasteiger partial charge in [0.2, 0.25) is 0 Å². The van der Waals surface area contributed by atoms with Crippen LogP contribution < -0.4 is 11.3 Å². The average Bonchev–Trinajstić information content (AvgIpc) is 3.03. The summed E-state index contributed by atoms with van der Waals surface area (Å²) >= 11 is 0. The molecule has 0 fully saturated rings. The van der Waals surface area contributed by atoms with Crippen LogP contribution in [0.1, 0.15) is 16.8 Å². The van der Waals surface area contributed by atoms with Gasteiger partial charge in [-0.1, -0.05) is 24.3 Å². The zero-order valence-corrected chi connectivity index (χ0v) is 14.3. The molecule has 10 heteroatoms. The van der Waals surface area contributed by atoms with Gasteiger partial charge in [-0.15, -0.1) is 0 Å². The molecule has 0 aliphatic carbocycles. The van der Waals surface area contributed by atoms with Gasteiger partial charge < -0.3 is 10.7 Å². The lowest BCUT2D eigenvalue weighted by Crippen LogP contribution is -2.16. The Kier molecular flexibility index (Phi) is 4.41. The molecular weight excluding hydrogens is 373 g/mol. The van der Waals surface area contributed by atoms with Gasteiger partial charge in [-0.3, -0.25) is 9.48 Å². The summed E-state index contributed by atoms with van der Waals surface area (Å²) in [5.41, 5.74) is 3.83. The third-order valence-corrected chi connectivity index (χ3v) is 4.11. The van der Waals surface area contributed by atoms with Crippen LogP contribution in [-0.2, 0) is 13.2 Å². The molecule has 0 aliphatic heterocycles. The minimum atomic E-state index is -4.64. The zero-order chi connectivity index (χ0) is 20.6. The number of hydrogen-bond donors (Lipinski definition) is 2. The number of nitrogens with zero attached hydrogens (tertiary/aromatic N) is 4. The highest BCUT2D eigenvalue weighted by Crippen LogP contribution is 2.38. The van der Waals surface area contributed by atoms with Gasteiger partial charge in [0.1, 0.15) is 29.1 Å². The van der Waals surface area contributed by atoms with E-state index in [9.17, 15) is 28.5 Å². The molecule has 0 aliphatic rings. The van der Waals surface area contributed by atoms with Gasteiger partial charge in [0, 0.05) is 18.2 Å². The predicted molar refractivity (Wildman–Crippen MR) is 93.5 cm³/mol. The van der Waals surface area contributed by atoms with Gasteiger partial charge in [0.15, 0.2) is 5.69 Å². The van der Waals surface area contributed by atoms with E-state index in [0.29, 0.717) is 0 Å². The molecule has 0 saturated carbocycles. The van der Waals surface area contributed by atoms with Gasteiger partial charge in [-0.05, 0) is 11.6 Å². The fourth-order valence-electron chi connectivity index (χ4n) is 2.89. The van der Waals surface area contributed by atoms with E-state index in [1.54, 1.807) is 18.2 Å². The summed E-state index contributed by atoms with van der Waals surface area (Å²) in [5, 5.41) is 22.4. The van der Waals surface area contributed by atoms with Crippen LogP contribution in [0.4, 0.5) is 19.0 Å². The number of anilines is 1. The molecule has 0 atom stereocenters. The molecule has 3 rings (SSSR count). The average molecular weight is 384 g/mol. The fraction of sp³-hybridized carbons (Fsp3) is 0.111. The van der Waals surface area contributed by atoms with Gasteiger partial charge in [0.25, 0.3) is 5.56 Å². The maximum atomic E-state index is 13.0. The lowest BCUT2D eigenvalue weighted by atomic mass is 9.91. The van der Waals surface area contributed by atoms with Crippen LogP contribution in [0, 0.1) is 22.7 Å². The third-order valence-electron chi connectivity index (χ3n) is 4.11. The monoisotopic (exact) mass is 384 g/mol. The number of rotatable bonds is 2. The normalized spacial score (nSPS) is 11.1. The smallest absolute Gasteiger partial charge is 0.384 e. The number of nitriles is 2. The number of nitrogen functional groups attached to an aromatic ring is 1. The number of halogens is 3. The van der Waals surface area contributed by atoms with Crippen molar-refractivity contribution in [2.75, 3.05) is 5.73 Å². The maximum absolute atomic E-state index is 13.0. The van der Waals surface area contributed by atoms with Crippen molar-refractivity contribution in [3.63, 3.8) is 0 Å². The Balaban J connectivity index is 2.39. The van der Waals surface area contributed by atoms with E-state index in [-0.39, 0.29) is 39.3 Å². The number of hydrogen-bond acceptors (Lipinski definition) is 5. The van der Waals surface area contributed by atoms with Gasteiger partial charge in [0.05, 0.1) is 5.69 Å². The minimum Gasteiger partial charge on any atom is -0.384 e. The van der Waals surface area contributed by atoms with E-state index >= 15 is 0 Å². The fourth-order valence-corrected chi connectivity index (χ4v) is 2.89. The standard InChI is InChI=1S/C18H11F3N6O/c1-27-13(6-14(26-27)18(19,20)21)9-4-2-3-5-10(9)15-11(7-22)16(24)25-17(28)12(15)8-23/h2-6H,1H3,(H3,24,25,28). The molecular formula is C18H11F3N6O. The van der Waals surface area contributed by atoms with Crippen molar-refractivity contribution in [3.8, 4) is 34.5 Å². The number of nitrogens with two attached hydrogens (primary N) is 1. The van der Waals surface area contributed by atoms with Crippen molar-refractivity contribution in [1.29, 1.82) is 10.5 Å². The number of pyridine rings is 1. The summed E-state index contributed by atoms with van der Waals surface area (Å²) in [6.07, 6.45) is -4.64. The molecule has 2 heterocycles. The van der Waals surface area contributed by atoms with Crippen LogP contribution in [0.25, 0.3) is 22.4 Å². The van der Waals surface area contributed by atoms with Crippen molar-refractivity contribution >= 4 is 5.82 Å². The topological polar surface area (TPSA) is 124 Å². The Hall–Kier alpha value is -4.05. The number of benzene rings is 1. The van der Waals surface area contributed by atoms with E-state index in [4.69, 9.17) is 5.73 Å². The second kappa shape index (κ2) is 6.59. The summed E-state index contributed by atoms with van der Waals surface area (Å²) in [5.74, 6) is -0.239. The molecule has 3 N–H and O–H groups in total. The molecule has 0 saturated heterocycles. The SMILES string of the molecule is Cn1nc(C(F)(F)F)cc1-c1ccccc1-c1c(C#N)c(N)[nH]c(=O)c1C#N. The van der Waals surface area contributed by atoms with Crippen LogP contribution in [-0.4, -0.2) is 14.8 Å². The molecule has 28 heavy (non-hydrogen) atoms. The Morgan fingerprint density at radius 2 is 1.75 bits per heavy atom. The number of aromatic nitrogens is 3. The van der Waals surface area contributed by atoms with Crippen molar-refractivity contribution in [2.45, 2.75) is 6.18 Å². The Bertz CT molecular complexity index is 1220. The number of aryl methyl sites for hydroxylation is 1. The zero-order valence-electron chi connectivity index (χ0n) is 14.3. The van der Waals surface area contributed by atoms with Crippen molar-refractivity contribution < 1.29 is 13.2 Å². The molecule has 0 bridgehead atoms. The lowest BCUT2D eigenvalue weighted by Gasteiger charge is -2.13. The van der Waals surface area contributed by atoms with Crippen LogP contribution in [0.3, 0.4) is 0 Å². The molecule has 7 nitrogen and oxygen atoms in total. The predicted octanol–water partition coefficient (Wildman–Crippen LogP) is 2.79. The van der Waals surface area contributed by atoms with Crippen LogP contribution in [0.15, 0.2) is 35.1 Å². The minimum absolute atomic E-state index is 0.0448. The summed E-state index contributed by atoms with van der Waals surface area (Å²) in [6, 6.07) is 10.6. The first-order valence-electron chi connectivity index (χ1n) is 7.76. The molecule has 0 unspecified atom stereocenters. The maximum Gasteiger partial charge on any atom is 0.435 e. The van der Waals surface area contributed by atoms with E-state index in [2.05, 4.69) is 10.1 Å². The summed E-state index contributed by atoms with van der Waals surface area (Å²) in [7, 11) is 1.34.